The highest BCUT2D eigenvalue weighted by Crippen LogP contribution is 2.22. The van der Waals surface area contributed by atoms with Crippen LogP contribution in [0.4, 0.5) is 20.3 Å². The van der Waals surface area contributed by atoms with Crippen LogP contribution in [0.1, 0.15) is 5.56 Å². The monoisotopic (exact) mass is 265 g/mol. The Morgan fingerprint density at radius 2 is 1.89 bits per heavy atom. The van der Waals surface area contributed by atoms with Crippen LogP contribution in [0.15, 0.2) is 36.5 Å². The topological polar surface area (TPSA) is 68.1 Å². The zero-order valence-corrected chi connectivity index (χ0v) is 9.64. The summed E-state index contributed by atoms with van der Waals surface area (Å²) in [6.07, 6.45) is 1.35. The summed E-state index contributed by atoms with van der Waals surface area (Å²) >= 11 is 0. The molecule has 5 nitrogen and oxygen atoms in total. The third-order valence-electron chi connectivity index (χ3n) is 2.48. The molecule has 0 radical (unpaired) electrons. The average Bonchev–Trinajstić information content (AvgIpc) is 2.38. The third kappa shape index (κ3) is 2.82. The van der Waals surface area contributed by atoms with E-state index < -0.39 is 16.6 Å². The van der Waals surface area contributed by atoms with E-state index in [1.54, 1.807) is 0 Å². The number of hydrogen-bond donors (Lipinski definition) is 1. The summed E-state index contributed by atoms with van der Waals surface area (Å²) in [4.78, 5) is 13.9. The van der Waals surface area contributed by atoms with E-state index in [9.17, 15) is 18.9 Å². The van der Waals surface area contributed by atoms with Gasteiger partial charge in [0.2, 0.25) is 5.82 Å². The summed E-state index contributed by atoms with van der Waals surface area (Å²) in [5, 5.41) is 13.3. The number of anilines is 1. The van der Waals surface area contributed by atoms with Gasteiger partial charge in [-0.15, -0.1) is 0 Å². The van der Waals surface area contributed by atoms with Crippen LogP contribution in [0.3, 0.4) is 0 Å². The molecule has 0 aliphatic heterocycles. The van der Waals surface area contributed by atoms with E-state index >= 15 is 0 Å². The van der Waals surface area contributed by atoms with Crippen LogP contribution < -0.4 is 5.32 Å². The summed E-state index contributed by atoms with van der Waals surface area (Å²) < 4.78 is 26.8. The largest absolute Gasteiger partial charge is 0.360 e. The molecule has 0 saturated heterocycles. The number of hydrogen-bond acceptors (Lipinski definition) is 4. The smallest absolute Gasteiger partial charge is 0.311 e. The Balaban J connectivity index is 2.22. The van der Waals surface area contributed by atoms with Gasteiger partial charge in [0, 0.05) is 24.4 Å². The Morgan fingerprint density at radius 3 is 2.53 bits per heavy atom. The molecule has 0 fully saturated rings. The Morgan fingerprint density at radius 1 is 1.21 bits per heavy atom. The maximum atomic E-state index is 13.4. The van der Waals surface area contributed by atoms with Crippen LogP contribution in [-0.2, 0) is 6.54 Å². The predicted molar refractivity (Wildman–Crippen MR) is 64.6 cm³/mol. The van der Waals surface area contributed by atoms with Gasteiger partial charge in [-0.1, -0.05) is 6.07 Å². The maximum Gasteiger partial charge on any atom is 0.311 e. The van der Waals surface area contributed by atoms with Gasteiger partial charge >= 0.3 is 5.69 Å². The first kappa shape index (κ1) is 12.9. The molecule has 0 unspecified atom stereocenters. The standard InChI is InChI=1S/C12H9F2N3O2/c13-9-3-1-4-10(14)8(9)7-16-12-11(17(18)19)5-2-6-15-12/h1-6H,7H2,(H,15,16). The molecule has 1 N–H and O–H groups in total. The first-order chi connectivity index (χ1) is 9.09. The van der Waals surface area contributed by atoms with Crippen LogP contribution in [0.5, 0.6) is 0 Å². The van der Waals surface area contributed by atoms with Gasteiger partial charge in [0.15, 0.2) is 0 Å². The molecule has 19 heavy (non-hydrogen) atoms. The number of nitro groups is 1. The highest BCUT2D eigenvalue weighted by Gasteiger charge is 2.15. The molecular formula is C12H9F2N3O2. The van der Waals surface area contributed by atoms with Crippen molar-refractivity contribution < 1.29 is 13.7 Å². The second-order valence-electron chi connectivity index (χ2n) is 3.68. The van der Waals surface area contributed by atoms with Crippen LogP contribution in [0.2, 0.25) is 0 Å². The van der Waals surface area contributed by atoms with Crippen LogP contribution in [-0.4, -0.2) is 9.91 Å². The molecule has 98 valence electrons. The van der Waals surface area contributed by atoms with Gasteiger partial charge < -0.3 is 5.32 Å². The summed E-state index contributed by atoms with van der Waals surface area (Å²) in [5.41, 5.74) is -0.443. The Labute approximate surface area is 107 Å². The average molecular weight is 265 g/mol. The second kappa shape index (κ2) is 5.38. The van der Waals surface area contributed by atoms with E-state index in [2.05, 4.69) is 10.3 Å². The summed E-state index contributed by atoms with van der Waals surface area (Å²) in [6, 6.07) is 6.15. The number of aromatic nitrogens is 1. The number of rotatable bonds is 4. The molecule has 0 spiro atoms. The fourth-order valence-corrected chi connectivity index (χ4v) is 1.55. The first-order valence-electron chi connectivity index (χ1n) is 5.35. The highest BCUT2D eigenvalue weighted by molar-refractivity contribution is 5.55. The van der Waals surface area contributed by atoms with Gasteiger partial charge in [0.1, 0.15) is 11.6 Å². The second-order valence-corrected chi connectivity index (χ2v) is 3.68. The van der Waals surface area contributed by atoms with Crippen molar-refractivity contribution in [2.24, 2.45) is 0 Å². The molecule has 1 heterocycles. The zero-order chi connectivity index (χ0) is 13.8. The lowest BCUT2D eigenvalue weighted by Gasteiger charge is -2.07. The predicted octanol–water partition coefficient (Wildman–Crippen LogP) is 2.88. The van der Waals surface area contributed by atoms with Gasteiger partial charge in [-0.25, -0.2) is 13.8 Å². The van der Waals surface area contributed by atoms with E-state index in [1.165, 1.54) is 24.4 Å². The van der Waals surface area contributed by atoms with Crippen molar-refractivity contribution in [3.63, 3.8) is 0 Å². The minimum atomic E-state index is -0.717. The fourth-order valence-electron chi connectivity index (χ4n) is 1.55. The number of halogens is 2. The quantitative estimate of drug-likeness (QED) is 0.681. The van der Waals surface area contributed by atoms with E-state index in [0.717, 1.165) is 12.1 Å². The number of pyridine rings is 1. The SMILES string of the molecule is O=[N+]([O-])c1cccnc1NCc1c(F)cccc1F. The van der Waals surface area contributed by atoms with Crippen molar-refractivity contribution in [2.45, 2.75) is 6.54 Å². The Kier molecular flexibility index (Phi) is 3.65. The zero-order valence-electron chi connectivity index (χ0n) is 9.64. The van der Waals surface area contributed by atoms with Crippen molar-refractivity contribution in [1.29, 1.82) is 0 Å². The molecule has 0 aliphatic rings. The van der Waals surface area contributed by atoms with E-state index in [0.29, 0.717) is 0 Å². The van der Waals surface area contributed by atoms with Crippen molar-refractivity contribution in [1.82, 2.24) is 4.98 Å². The lowest BCUT2D eigenvalue weighted by molar-refractivity contribution is -0.384. The van der Waals surface area contributed by atoms with Gasteiger partial charge in [-0.05, 0) is 18.2 Å². The molecule has 1 aromatic carbocycles. The van der Waals surface area contributed by atoms with Crippen molar-refractivity contribution >= 4 is 11.5 Å². The highest BCUT2D eigenvalue weighted by atomic mass is 19.1. The van der Waals surface area contributed by atoms with E-state index in [4.69, 9.17) is 0 Å². The van der Waals surface area contributed by atoms with Crippen LogP contribution in [0, 0.1) is 21.7 Å². The number of nitrogens with zero attached hydrogens (tertiary/aromatic N) is 2. The molecule has 0 atom stereocenters. The first-order valence-corrected chi connectivity index (χ1v) is 5.35. The van der Waals surface area contributed by atoms with E-state index in [-0.39, 0.29) is 23.6 Å². The summed E-state index contributed by atoms with van der Waals surface area (Å²) in [5.74, 6) is -1.47. The van der Waals surface area contributed by atoms with Crippen molar-refractivity contribution in [3.05, 3.63) is 63.8 Å². The maximum absolute atomic E-state index is 13.4. The molecule has 0 saturated carbocycles. The summed E-state index contributed by atoms with van der Waals surface area (Å²) in [6.45, 7) is -0.226. The molecule has 0 amide bonds. The lowest BCUT2D eigenvalue weighted by Crippen LogP contribution is -2.07. The molecule has 0 bridgehead atoms. The molecule has 0 aliphatic carbocycles. The van der Waals surface area contributed by atoms with E-state index in [1.807, 2.05) is 0 Å². The van der Waals surface area contributed by atoms with Crippen molar-refractivity contribution in [3.8, 4) is 0 Å². The Bertz CT molecular complexity index is 599. The molecule has 7 heteroatoms. The van der Waals surface area contributed by atoms with Gasteiger partial charge in [0.05, 0.1) is 4.92 Å². The van der Waals surface area contributed by atoms with Gasteiger partial charge in [-0.3, -0.25) is 10.1 Å². The molecule has 2 rings (SSSR count). The minimum Gasteiger partial charge on any atom is -0.360 e. The fraction of sp³-hybridized carbons (Fsp3) is 0.0833. The van der Waals surface area contributed by atoms with Crippen LogP contribution >= 0.6 is 0 Å². The third-order valence-corrected chi connectivity index (χ3v) is 2.48. The normalized spacial score (nSPS) is 10.2. The van der Waals surface area contributed by atoms with Crippen molar-refractivity contribution in [2.75, 3.05) is 5.32 Å². The lowest BCUT2D eigenvalue weighted by atomic mass is 10.2. The van der Waals surface area contributed by atoms with Crippen LogP contribution in [0.25, 0.3) is 0 Å². The minimum absolute atomic E-state index is 0.0323. The molecule has 1 aromatic heterocycles. The summed E-state index contributed by atoms with van der Waals surface area (Å²) in [7, 11) is 0. The number of nitrogens with one attached hydrogen (secondary N) is 1. The number of benzene rings is 1. The van der Waals surface area contributed by atoms with Gasteiger partial charge in [0.25, 0.3) is 0 Å². The Hall–Kier alpha value is -2.57. The molecular weight excluding hydrogens is 256 g/mol. The van der Waals surface area contributed by atoms with Gasteiger partial charge in [-0.2, -0.15) is 0 Å². The molecule has 2 aromatic rings.